The van der Waals surface area contributed by atoms with Gasteiger partial charge in [0.1, 0.15) is 6.61 Å². The average molecular weight is 492 g/mol. The third-order valence-corrected chi connectivity index (χ3v) is 8.66. The van der Waals surface area contributed by atoms with E-state index in [1.54, 1.807) is 18.5 Å². The highest BCUT2D eigenvalue weighted by molar-refractivity contribution is 7.91. The fourth-order valence-electron chi connectivity index (χ4n) is 4.75. The normalized spacial score (nSPS) is 20.4. The number of likely N-dealkylation sites (tertiary alicyclic amines) is 1. The second-order valence-electron chi connectivity index (χ2n) is 8.99. The molecule has 0 saturated carbocycles. The van der Waals surface area contributed by atoms with E-state index in [-0.39, 0.29) is 11.2 Å². The molecule has 11 heteroatoms. The number of ether oxygens (including phenoxy) is 1. The Labute approximate surface area is 198 Å². The summed E-state index contributed by atoms with van der Waals surface area (Å²) < 4.78 is 28.9. The molecule has 3 aliphatic heterocycles. The second-order valence-corrected chi connectivity index (χ2v) is 11.8. The summed E-state index contributed by atoms with van der Waals surface area (Å²) in [5.74, 6) is 1.16. The first-order valence-corrected chi connectivity index (χ1v) is 13.3. The summed E-state index contributed by atoms with van der Waals surface area (Å²) in [4.78, 5) is 25.5. The lowest BCUT2D eigenvalue weighted by molar-refractivity contribution is -0.122. The van der Waals surface area contributed by atoms with Gasteiger partial charge in [-0.25, -0.2) is 18.4 Å². The summed E-state index contributed by atoms with van der Waals surface area (Å²) in [7, 11) is -3.02. The first-order valence-electron chi connectivity index (χ1n) is 11.0. The van der Waals surface area contributed by atoms with Crippen LogP contribution in [-0.2, 0) is 20.0 Å². The van der Waals surface area contributed by atoms with Gasteiger partial charge in [0.2, 0.25) is 11.9 Å². The Bertz CT molecular complexity index is 1160. The summed E-state index contributed by atoms with van der Waals surface area (Å²) in [6, 6.07) is 5.60. The van der Waals surface area contributed by atoms with Crippen molar-refractivity contribution in [2.75, 3.05) is 55.8 Å². The molecule has 2 aromatic rings. The Kier molecular flexibility index (Phi) is 5.70. The number of aromatic nitrogens is 2. The smallest absolute Gasteiger partial charge is 0.235 e. The molecule has 2 saturated heterocycles. The molecule has 0 unspecified atom stereocenters. The van der Waals surface area contributed by atoms with E-state index in [9.17, 15) is 13.2 Å². The van der Waals surface area contributed by atoms with Gasteiger partial charge in [0.15, 0.2) is 15.6 Å². The van der Waals surface area contributed by atoms with Crippen molar-refractivity contribution < 1.29 is 17.9 Å². The van der Waals surface area contributed by atoms with Gasteiger partial charge >= 0.3 is 0 Å². The fourth-order valence-corrected chi connectivity index (χ4v) is 5.83. The van der Waals surface area contributed by atoms with Crippen molar-refractivity contribution in [2.45, 2.75) is 23.5 Å². The molecule has 1 aromatic heterocycles. The average Bonchev–Trinajstić information content (AvgIpc) is 2.99. The van der Waals surface area contributed by atoms with Crippen LogP contribution in [0.25, 0.3) is 0 Å². The van der Waals surface area contributed by atoms with E-state index in [1.165, 1.54) is 6.26 Å². The van der Waals surface area contributed by atoms with Crippen LogP contribution in [0.5, 0.6) is 5.75 Å². The van der Waals surface area contributed by atoms with E-state index in [0.29, 0.717) is 36.4 Å². The van der Waals surface area contributed by atoms with Crippen molar-refractivity contribution in [1.82, 2.24) is 14.9 Å². The number of amides is 1. The number of hydrogen-bond acceptors (Lipinski definition) is 8. The van der Waals surface area contributed by atoms with Gasteiger partial charge in [-0.05, 0) is 49.7 Å². The molecular formula is C22H26ClN5O4S. The van der Waals surface area contributed by atoms with Crippen LogP contribution in [0.4, 0.5) is 11.6 Å². The molecule has 1 aromatic carbocycles. The van der Waals surface area contributed by atoms with Gasteiger partial charge in [-0.3, -0.25) is 9.69 Å². The first-order chi connectivity index (χ1) is 15.7. The highest BCUT2D eigenvalue weighted by atomic mass is 35.5. The van der Waals surface area contributed by atoms with Gasteiger partial charge in [0.05, 0.1) is 23.1 Å². The van der Waals surface area contributed by atoms with Gasteiger partial charge in [-0.15, -0.1) is 0 Å². The molecule has 0 atom stereocenters. The summed E-state index contributed by atoms with van der Waals surface area (Å²) in [6.07, 6.45) is 5.98. The molecule has 1 N–H and O–H groups in total. The molecule has 1 amide bonds. The number of rotatable bonds is 6. The molecule has 176 valence electrons. The van der Waals surface area contributed by atoms with Gasteiger partial charge in [0, 0.05) is 36.6 Å². The van der Waals surface area contributed by atoms with Crippen LogP contribution in [0.15, 0.2) is 30.6 Å². The van der Waals surface area contributed by atoms with Gasteiger partial charge in [-0.2, -0.15) is 0 Å². The van der Waals surface area contributed by atoms with Crippen molar-refractivity contribution in [2.24, 2.45) is 0 Å². The van der Waals surface area contributed by atoms with Crippen molar-refractivity contribution in [1.29, 1.82) is 0 Å². The minimum atomic E-state index is -3.02. The van der Waals surface area contributed by atoms with Crippen LogP contribution >= 0.6 is 11.6 Å². The highest BCUT2D eigenvalue weighted by Crippen LogP contribution is 2.45. The molecule has 33 heavy (non-hydrogen) atoms. The lowest BCUT2D eigenvalue weighted by atomic mass is 9.73. The largest absolute Gasteiger partial charge is 0.489 e. The molecule has 9 nitrogen and oxygen atoms in total. The number of nitrogens with one attached hydrogen (secondary N) is 1. The molecule has 0 bridgehead atoms. The summed E-state index contributed by atoms with van der Waals surface area (Å²) >= 11 is 6.19. The monoisotopic (exact) mass is 491 g/mol. The zero-order valence-electron chi connectivity index (χ0n) is 18.3. The predicted molar refractivity (Wildman–Crippen MR) is 126 cm³/mol. The number of benzene rings is 1. The lowest BCUT2D eigenvalue weighted by Gasteiger charge is -2.38. The summed E-state index contributed by atoms with van der Waals surface area (Å²) in [5.41, 5.74) is 1.39. The number of nitrogens with zero attached hydrogens (tertiary/aromatic N) is 4. The molecule has 0 radical (unpaired) electrons. The molecule has 1 spiro atoms. The van der Waals surface area contributed by atoms with Crippen molar-refractivity contribution >= 4 is 39.0 Å². The molecule has 3 aliphatic rings. The molecular weight excluding hydrogens is 466 g/mol. The van der Waals surface area contributed by atoms with E-state index in [0.717, 1.165) is 43.7 Å². The molecule has 4 heterocycles. The predicted octanol–water partition coefficient (Wildman–Crippen LogP) is 1.73. The minimum Gasteiger partial charge on any atom is -0.489 e. The molecule has 5 rings (SSSR count). The number of anilines is 2. The van der Waals surface area contributed by atoms with Crippen LogP contribution in [0.1, 0.15) is 18.4 Å². The van der Waals surface area contributed by atoms with Crippen molar-refractivity contribution in [3.63, 3.8) is 0 Å². The number of piperidine rings is 1. The van der Waals surface area contributed by atoms with Gasteiger partial charge in [-0.1, -0.05) is 11.6 Å². The zero-order valence-corrected chi connectivity index (χ0v) is 19.9. The van der Waals surface area contributed by atoms with Crippen LogP contribution in [-0.4, -0.2) is 80.0 Å². The molecule has 0 aliphatic carbocycles. The Morgan fingerprint density at radius 3 is 2.58 bits per heavy atom. The highest BCUT2D eigenvalue weighted by Gasteiger charge is 2.48. The standard InChI is InChI=1S/C22H26ClN5O4S/c1-33(30,31)17-13-28(14-17)21-24-11-16(12-25-21)32-9-8-27-6-4-22(5-7-27)18-10-15(23)2-3-19(18)26-20(22)29/h2-3,10-12,17H,4-9,13-14H2,1H3,(H,26,29). The maximum absolute atomic E-state index is 12.7. The van der Waals surface area contributed by atoms with E-state index in [1.807, 2.05) is 17.0 Å². The van der Waals surface area contributed by atoms with Gasteiger partial charge in [0.25, 0.3) is 0 Å². The lowest BCUT2D eigenvalue weighted by Crippen LogP contribution is -2.55. The third kappa shape index (κ3) is 4.27. The number of hydrogen-bond donors (Lipinski definition) is 1. The maximum Gasteiger partial charge on any atom is 0.235 e. The first kappa shape index (κ1) is 22.4. The number of carbonyl (C=O) groups excluding carboxylic acids is 1. The van der Waals surface area contributed by atoms with Crippen molar-refractivity contribution in [3.05, 3.63) is 41.2 Å². The van der Waals surface area contributed by atoms with Crippen LogP contribution in [0.2, 0.25) is 5.02 Å². The van der Waals surface area contributed by atoms with E-state index >= 15 is 0 Å². The minimum absolute atomic E-state index is 0.0676. The Balaban J connectivity index is 1.10. The number of halogens is 1. The number of carbonyl (C=O) groups is 1. The zero-order chi connectivity index (χ0) is 23.2. The topological polar surface area (TPSA) is 105 Å². The molecule has 2 fully saturated rings. The summed E-state index contributed by atoms with van der Waals surface area (Å²) in [6.45, 7) is 3.67. The SMILES string of the molecule is CS(=O)(=O)C1CN(c2ncc(OCCN3CCC4(CC3)C(=O)Nc3ccc(Cl)cc34)cn2)C1. The van der Waals surface area contributed by atoms with E-state index < -0.39 is 15.3 Å². The quantitative estimate of drug-likeness (QED) is 0.651. The number of fused-ring (bicyclic) bond motifs is 2. The second kappa shape index (κ2) is 8.41. The van der Waals surface area contributed by atoms with Crippen molar-refractivity contribution in [3.8, 4) is 5.75 Å². The Morgan fingerprint density at radius 2 is 1.91 bits per heavy atom. The Morgan fingerprint density at radius 1 is 1.21 bits per heavy atom. The van der Waals surface area contributed by atoms with E-state index in [2.05, 4.69) is 20.2 Å². The van der Waals surface area contributed by atoms with Gasteiger partial charge < -0.3 is 15.0 Å². The van der Waals surface area contributed by atoms with Crippen LogP contribution < -0.4 is 15.0 Å². The van der Waals surface area contributed by atoms with E-state index in [4.69, 9.17) is 16.3 Å². The summed E-state index contributed by atoms with van der Waals surface area (Å²) in [5, 5.41) is 3.31. The van der Waals surface area contributed by atoms with Crippen LogP contribution in [0.3, 0.4) is 0 Å². The fraction of sp³-hybridized carbons (Fsp3) is 0.500. The Hall–Kier alpha value is -2.43. The number of sulfone groups is 1. The third-order valence-electron chi connectivity index (χ3n) is 6.92. The van der Waals surface area contributed by atoms with Crippen LogP contribution in [0, 0.1) is 0 Å². The maximum atomic E-state index is 12.7.